The van der Waals surface area contributed by atoms with E-state index in [1.54, 1.807) is 24.0 Å². The molecule has 3 aromatic rings. The molecule has 0 saturated carbocycles. The average molecular weight is 340 g/mol. The Morgan fingerprint density at radius 3 is 2.65 bits per heavy atom. The number of halogens is 3. The van der Waals surface area contributed by atoms with Crippen LogP contribution in [0.5, 0.6) is 5.88 Å². The van der Waals surface area contributed by atoms with Gasteiger partial charge in [0.2, 0.25) is 11.7 Å². The Balaban J connectivity index is 2.28. The van der Waals surface area contributed by atoms with Crippen molar-refractivity contribution < 1.29 is 13.5 Å². The fourth-order valence-corrected chi connectivity index (χ4v) is 2.32. The molecular formula is C14H12ClF2N5O. The van der Waals surface area contributed by atoms with Crippen LogP contribution in [0.15, 0.2) is 18.3 Å². The second kappa shape index (κ2) is 5.38. The summed E-state index contributed by atoms with van der Waals surface area (Å²) in [5, 5.41) is 5.25. The molecule has 0 amide bonds. The SMILES string of the molecule is COc1cc(-c2nn(C)c3cnc(Cl)cc23)nc(C(C)(F)F)n1. The molecule has 120 valence electrons. The van der Waals surface area contributed by atoms with Crippen molar-refractivity contribution in [1.82, 2.24) is 24.7 Å². The lowest BCUT2D eigenvalue weighted by Gasteiger charge is -2.11. The summed E-state index contributed by atoms with van der Waals surface area (Å²) in [6.07, 6.45) is 1.56. The molecule has 6 nitrogen and oxygen atoms in total. The topological polar surface area (TPSA) is 65.7 Å². The minimum absolute atomic E-state index is 0.0329. The molecule has 0 fully saturated rings. The van der Waals surface area contributed by atoms with Gasteiger partial charge in [0.15, 0.2) is 0 Å². The van der Waals surface area contributed by atoms with Gasteiger partial charge in [0, 0.05) is 25.4 Å². The van der Waals surface area contributed by atoms with Gasteiger partial charge in [0.05, 0.1) is 24.5 Å². The molecule has 0 aliphatic carbocycles. The van der Waals surface area contributed by atoms with E-state index in [1.807, 2.05) is 0 Å². The number of aryl methyl sites for hydroxylation is 1. The highest BCUT2D eigenvalue weighted by Gasteiger charge is 2.30. The molecule has 3 heterocycles. The van der Waals surface area contributed by atoms with E-state index >= 15 is 0 Å². The predicted molar refractivity (Wildman–Crippen MR) is 80.7 cm³/mol. The average Bonchev–Trinajstić information content (AvgIpc) is 2.82. The van der Waals surface area contributed by atoms with Gasteiger partial charge in [-0.1, -0.05) is 11.6 Å². The maximum atomic E-state index is 13.6. The first-order valence-corrected chi connectivity index (χ1v) is 6.97. The second-order valence-electron chi connectivity index (χ2n) is 5.00. The standard InChI is InChI=1S/C14H12ClF2N5O/c1-14(16,17)13-19-8(5-11(20-13)23-3)12-7-4-10(15)18-6-9(7)22(2)21-12/h4-6H,1-3H3. The third-order valence-corrected chi connectivity index (χ3v) is 3.46. The van der Waals surface area contributed by atoms with E-state index in [0.717, 1.165) is 6.92 Å². The lowest BCUT2D eigenvalue weighted by molar-refractivity contribution is 0.00722. The fourth-order valence-electron chi connectivity index (χ4n) is 2.16. The van der Waals surface area contributed by atoms with E-state index in [0.29, 0.717) is 16.6 Å². The van der Waals surface area contributed by atoms with Crippen molar-refractivity contribution in [2.45, 2.75) is 12.8 Å². The second-order valence-corrected chi connectivity index (χ2v) is 5.39. The molecule has 23 heavy (non-hydrogen) atoms. The van der Waals surface area contributed by atoms with Gasteiger partial charge in [-0.3, -0.25) is 4.68 Å². The lowest BCUT2D eigenvalue weighted by Crippen LogP contribution is -2.13. The number of hydrogen-bond acceptors (Lipinski definition) is 5. The summed E-state index contributed by atoms with van der Waals surface area (Å²) >= 11 is 5.92. The lowest BCUT2D eigenvalue weighted by atomic mass is 10.2. The molecule has 0 N–H and O–H groups in total. The zero-order valence-corrected chi connectivity index (χ0v) is 13.3. The van der Waals surface area contributed by atoms with E-state index in [2.05, 4.69) is 20.1 Å². The molecule has 9 heteroatoms. The van der Waals surface area contributed by atoms with Crippen LogP contribution in [0.3, 0.4) is 0 Å². The van der Waals surface area contributed by atoms with Gasteiger partial charge in [0.1, 0.15) is 10.8 Å². The number of nitrogens with zero attached hydrogens (tertiary/aromatic N) is 5. The summed E-state index contributed by atoms with van der Waals surface area (Å²) in [5.41, 5.74) is 1.33. The van der Waals surface area contributed by atoms with Gasteiger partial charge in [-0.2, -0.15) is 18.9 Å². The van der Waals surface area contributed by atoms with Crippen molar-refractivity contribution in [3.63, 3.8) is 0 Å². The number of alkyl halides is 2. The Labute approximate surface area is 135 Å². The van der Waals surface area contributed by atoms with E-state index in [-0.39, 0.29) is 16.7 Å². The minimum atomic E-state index is -3.20. The summed E-state index contributed by atoms with van der Waals surface area (Å²) in [7, 11) is 3.07. The van der Waals surface area contributed by atoms with Crippen LogP contribution in [0.1, 0.15) is 12.7 Å². The first-order valence-electron chi connectivity index (χ1n) is 6.59. The van der Waals surface area contributed by atoms with Crippen molar-refractivity contribution >= 4 is 22.5 Å². The Bertz CT molecular complexity index is 891. The Hall–Kier alpha value is -2.35. The molecule has 0 unspecified atom stereocenters. The molecule has 0 aliphatic rings. The number of pyridine rings is 1. The summed E-state index contributed by atoms with van der Waals surface area (Å²) in [5.74, 6) is -3.80. The summed E-state index contributed by atoms with van der Waals surface area (Å²) in [6.45, 7) is 0.725. The Morgan fingerprint density at radius 1 is 1.26 bits per heavy atom. The van der Waals surface area contributed by atoms with Crippen molar-refractivity contribution in [3.05, 3.63) is 29.3 Å². The van der Waals surface area contributed by atoms with E-state index in [4.69, 9.17) is 16.3 Å². The zero-order valence-electron chi connectivity index (χ0n) is 12.5. The van der Waals surface area contributed by atoms with Crippen LogP contribution in [0.25, 0.3) is 22.3 Å². The van der Waals surface area contributed by atoms with Gasteiger partial charge in [-0.25, -0.2) is 9.97 Å². The largest absolute Gasteiger partial charge is 0.481 e. The van der Waals surface area contributed by atoms with Crippen LogP contribution in [0, 0.1) is 0 Å². The number of ether oxygens (including phenoxy) is 1. The number of methoxy groups -OCH3 is 1. The number of hydrogen-bond donors (Lipinski definition) is 0. The molecule has 0 aliphatic heterocycles. The van der Waals surface area contributed by atoms with Crippen LogP contribution >= 0.6 is 11.6 Å². The van der Waals surface area contributed by atoms with Gasteiger partial charge in [-0.15, -0.1) is 0 Å². The van der Waals surface area contributed by atoms with Gasteiger partial charge >= 0.3 is 5.92 Å². The third kappa shape index (κ3) is 2.81. The highest BCUT2D eigenvalue weighted by molar-refractivity contribution is 6.30. The quantitative estimate of drug-likeness (QED) is 0.686. The van der Waals surface area contributed by atoms with Crippen LogP contribution < -0.4 is 4.74 Å². The van der Waals surface area contributed by atoms with E-state index in [9.17, 15) is 8.78 Å². The van der Waals surface area contributed by atoms with Crippen molar-refractivity contribution in [2.75, 3.05) is 7.11 Å². The van der Waals surface area contributed by atoms with Crippen LogP contribution in [-0.2, 0) is 13.0 Å². The monoisotopic (exact) mass is 339 g/mol. The Kier molecular flexibility index (Phi) is 3.63. The van der Waals surface area contributed by atoms with Crippen molar-refractivity contribution in [3.8, 4) is 17.3 Å². The van der Waals surface area contributed by atoms with Crippen LogP contribution in [0.4, 0.5) is 8.78 Å². The van der Waals surface area contributed by atoms with E-state index in [1.165, 1.54) is 13.2 Å². The molecule has 0 aromatic carbocycles. The van der Waals surface area contributed by atoms with Gasteiger partial charge in [-0.05, 0) is 6.07 Å². The number of fused-ring (bicyclic) bond motifs is 1. The molecule has 0 saturated heterocycles. The van der Waals surface area contributed by atoms with Crippen LogP contribution in [-0.4, -0.2) is 31.8 Å². The highest BCUT2D eigenvalue weighted by atomic mass is 35.5. The van der Waals surface area contributed by atoms with Gasteiger partial charge in [0.25, 0.3) is 0 Å². The maximum Gasteiger partial charge on any atom is 0.303 e. The summed E-state index contributed by atoms with van der Waals surface area (Å²) < 4.78 is 33.8. The number of rotatable bonds is 3. The first-order chi connectivity index (χ1) is 10.8. The normalized spacial score (nSPS) is 11.9. The van der Waals surface area contributed by atoms with Gasteiger partial charge < -0.3 is 4.74 Å². The smallest absolute Gasteiger partial charge is 0.303 e. The van der Waals surface area contributed by atoms with Crippen LogP contribution in [0.2, 0.25) is 5.15 Å². The number of aromatic nitrogens is 5. The molecule has 0 bridgehead atoms. The fraction of sp³-hybridized carbons (Fsp3) is 0.286. The van der Waals surface area contributed by atoms with Crippen molar-refractivity contribution in [2.24, 2.45) is 7.05 Å². The molecular weight excluding hydrogens is 328 g/mol. The Morgan fingerprint density at radius 2 is 2.00 bits per heavy atom. The molecule has 0 radical (unpaired) electrons. The molecule has 0 spiro atoms. The maximum absolute atomic E-state index is 13.6. The van der Waals surface area contributed by atoms with Crippen molar-refractivity contribution in [1.29, 1.82) is 0 Å². The third-order valence-electron chi connectivity index (χ3n) is 3.25. The first kappa shape index (κ1) is 15.5. The predicted octanol–water partition coefficient (Wildman–Crippen LogP) is 3.20. The molecule has 3 aromatic heterocycles. The van der Waals surface area contributed by atoms with E-state index < -0.39 is 11.7 Å². The summed E-state index contributed by atoms with van der Waals surface area (Å²) in [4.78, 5) is 11.6. The molecule has 3 rings (SSSR count). The zero-order chi connectivity index (χ0) is 16.8. The summed E-state index contributed by atoms with van der Waals surface area (Å²) in [6, 6.07) is 3.06. The molecule has 0 atom stereocenters. The highest BCUT2D eigenvalue weighted by Crippen LogP contribution is 2.32. The minimum Gasteiger partial charge on any atom is -0.481 e.